The Labute approximate surface area is 114 Å². The van der Waals surface area contributed by atoms with Crippen LogP contribution in [-0.2, 0) is 20.7 Å². The van der Waals surface area contributed by atoms with Crippen molar-refractivity contribution in [1.82, 2.24) is 5.32 Å². The second kappa shape index (κ2) is 7.19. The first-order chi connectivity index (χ1) is 9.43. The maximum absolute atomic E-state index is 11.5. The van der Waals surface area contributed by atoms with Gasteiger partial charge in [0.05, 0.1) is 25.0 Å². The molecule has 1 atom stereocenters. The maximum Gasteiger partial charge on any atom is 0.336 e. The van der Waals surface area contributed by atoms with E-state index in [0.29, 0.717) is 5.56 Å². The normalized spacial score (nSPS) is 11.5. The summed E-state index contributed by atoms with van der Waals surface area (Å²) in [5.74, 6) is -1.25. The number of benzene rings is 1. The summed E-state index contributed by atoms with van der Waals surface area (Å²) in [5, 5.41) is 22.1. The highest BCUT2D eigenvalue weighted by atomic mass is 16.6. The highest BCUT2D eigenvalue weighted by Crippen LogP contribution is 2.12. The summed E-state index contributed by atoms with van der Waals surface area (Å²) in [5.41, 5.74) is 0.524. The summed E-state index contributed by atoms with van der Waals surface area (Å²) in [7, 11) is 1.13. The van der Waals surface area contributed by atoms with Crippen LogP contribution in [0.2, 0.25) is 0 Å². The van der Waals surface area contributed by atoms with Crippen LogP contribution in [0.3, 0.4) is 0 Å². The van der Waals surface area contributed by atoms with Gasteiger partial charge in [-0.3, -0.25) is 14.9 Å². The second-order valence-electron chi connectivity index (χ2n) is 3.94. The Balaban J connectivity index is 2.46. The van der Waals surface area contributed by atoms with Gasteiger partial charge in [-0.25, -0.2) is 4.79 Å². The van der Waals surface area contributed by atoms with Gasteiger partial charge in [-0.1, -0.05) is 12.1 Å². The van der Waals surface area contributed by atoms with Crippen molar-refractivity contribution in [3.05, 3.63) is 39.9 Å². The standard InChI is InChI=1S/C12H14N2O6/c1-20-12(17)10(15)7-13-11(16)6-8-2-4-9(5-3-8)14(18)19/h2-5,10,15H,6-7H2,1H3,(H,13,16). The zero-order valence-electron chi connectivity index (χ0n) is 10.7. The molecule has 0 saturated carbocycles. The van der Waals surface area contributed by atoms with Gasteiger partial charge >= 0.3 is 5.97 Å². The summed E-state index contributed by atoms with van der Waals surface area (Å²) >= 11 is 0. The first-order valence-corrected chi connectivity index (χ1v) is 5.70. The van der Waals surface area contributed by atoms with Gasteiger partial charge in [0.25, 0.3) is 5.69 Å². The summed E-state index contributed by atoms with van der Waals surface area (Å²) in [4.78, 5) is 32.4. The number of nitro benzene ring substituents is 1. The van der Waals surface area contributed by atoms with Crippen LogP contribution in [0, 0.1) is 10.1 Å². The highest BCUT2D eigenvalue weighted by molar-refractivity contribution is 5.80. The van der Waals surface area contributed by atoms with Gasteiger partial charge in [-0.2, -0.15) is 0 Å². The van der Waals surface area contributed by atoms with Crippen molar-refractivity contribution in [2.45, 2.75) is 12.5 Å². The monoisotopic (exact) mass is 282 g/mol. The largest absolute Gasteiger partial charge is 0.467 e. The van der Waals surface area contributed by atoms with Crippen molar-refractivity contribution in [2.24, 2.45) is 0 Å². The predicted octanol–water partition coefficient (Wildman–Crippen LogP) is -0.213. The minimum absolute atomic E-state index is 0.00805. The maximum atomic E-state index is 11.5. The molecule has 1 aromatic rings. The van der Waals surface area contributed by atoms with Crippen molar-refractivity contribution < 1.29 is 24.4 Å². The molecule has 1 amide bonds. The van der Waals surface area contributed by atoms with Gasteiger partial charge in [0.1, 0.15) is 0 Å². The smallest absolute Gasteiger partial charge is 0.336 e. The first kappa shape index (κ1) is 15.6. The van der Waals surface area contributed by atoms with E-state index in [2.05, 4.69) is 10.1 Å². The topological polar surface area (TPSA) is 119 Å². The van der Waals surface area contributed by atoms with Crippen molar-refractivity contribution in [3.63, 3.8) is 0 Å². The molecule has 0 saturated heterocycles. The third-order valence-corrected chi connectivity index (χ3v) is 2.48. The molecule has 0 fully saturated rings. The molecule has 0 aromatic heterocycles. The van der Waals surface area contributed by atoms with Crippen LogP contribution < -0.4 is 5.32 Å². The predicted molar refractivity (Wildman–Crippen MR) is 67.8 cm³/mol. The molecule has 1 rings (SSSR count). The SMILES string of the molecule is COC(=O)C(O)CNC(=O)Cc1ccc([N+](=O)[O-])cc1. The summed E-state index contributed by atoms with van der Waals surface area (Å²) in [6.07, 6.45) is -1.42. The lowest BCUT2D eigenvalue weighted by Crippen LogP contribution is -2.37. The highest BCUT2D eigenvalue weighted by Gasteiger charge is 2.16. The number of rotatable bonds is 6. The van der Waals surface area contributed by atoms with Gasteiger partial charge in [0.2, 0.25) is 5.91 Å². The number of hydrogen-bond donors (Lipinski definition) is 2. The van der Waals surface area contributed by atoms with E-state index in [-0.39, 0.29) is 18.7 Å². The Morgan fingerprint density at radius 1 is 1.40 bits per heavy atom. The molecule has 0 heterocycles. The minimum Gasteiger partial charge on any atom is -0.467 e. The minimum atomic E-state index is -1.42. The van der Waals surface area contributed by atoms with Gasteiger partial charge in [0.15, 0.2) is 6.10 Å². The van der Waals surface area contributed by atoms with E-state index in [0.717, 1.165) is 7.11 Å². The van der Waals surface area contributed by atoms with Crippen LogP contribution in [-0.4, -0.2) is 41.7 Å². The number of amides is 1. The average Bonchev–Trinajstić information content (AvgIpc) is 2.44. The van der Waals surface area contributed by atoms with Crippen molar-refractivity contribution in [1.29, 1.82) is 0 Å². The Kier molecular flexibility index (Phi) is 5.60. The third-order valence-electron chi connectivity index (χ3n) is 2.48. The number of nitrogens with one attached hydrogen (secondary N) is 1. The van der Waals surface area contributed by atoms with E-state index in [1.807, 2.05) is 0 Å². The molecule has 8 nitrogen and oxygen atoms in total. The lowest BCUT2D eigenvalue weighted by atomic mass is 10.1. The number of hydrogen-bond acceptors (Lipinski definition) is 6. The third kappa shape index (κ3) is 4.65. The first-order valence-electron chi connectivity index (χ1n) is 5.70. The quantitative estimate of drug-likeness (QED) is 0.423. The molecule has 2 N–H and O–H groups in total. The lowest BCUT2D eigenvalue weighted by molar-refractivity contribution is -0.384. The van der Waals surface area contributed by atoms with Crippen LogP contribution >= 0.6 is 0 Å². The number of carbonyl (C=O) groups is 2. The van der Waals surface area contributed by atoms with Gasteiger partial charge in [0, 0.05) is 12.1 Å². The van der Waals surface area contributed by atoms with Gasteiger partial charge in [-0.05, 0) is 5.56 Å². The molecule has 1 unspecified atom stereocenters. The fourth-order valence-corrected chi connectivity index (χ4v) is 1.41. The number of ether oxygens (including phenoxy) is 1. The summed E-state index contributed by atoms with van der Waals surface area (Å²) in [6, 6.07) is 5.53. The van der Waals surface area contributed by atoms with E-state index >= 15 is 0 Å². The van der Waals surface area contributed by atoms with E-state index in [1.54, 1.807) is 0 Å². The van der Waals surface area contributed by atoms with E-state index in [9.17, 15) is 24.8 Å². The van der Waals surface area contributed by atoms with Crippen LogP contribution in [0.4, 0.5) is 5.69 Å². The van der Waals surface area contributed by atoms with Gasteiger partial charge in [-0.15, -0.1) is 0 Å². The Hall–Kier alpha value is -2.48. The molecule has 0 radical (unpaired) electrons. The van der Waals surface area contributed by atoms with Crippen molar-refractivity contribution in [3.8, 4) is 0 Å². The molecule has 20 heavy (non-hydrogen) atoms. The number of carbonyl (C=O) groups excluding carboxylic acids is 2. The van der Waals surface area contributed by atoms with E-state index in [4.69, 9.17) is 0 Å². The van der Waals surface area contributed by atoms with Crippen LogP contribution in [0.25, 0.3) is 0 Å². The Morgan fingerprint density at radius 3 is 2.50 bits per heavy atom. The fraction of sp³-hybridized carbons (Fsp3) is 0.333. The summed E-state index contributed by atoms with van der Waals surface area (Å²) < 4.78 is 4.29. The number of nitrogens with zero attached hydrogens (tertiary/aromatic N) is 1. The van der Waals surface area contributed by atoms with Crippen LogP contribution in [0.15, 0.2) is 24.3 Å². The average molecular weight is 282 g/mol. The number of nitro groups is 1. The van der Waals surface area contributed by atoms with E-state index in [1.165, 1.54) is 24.3 Å². The molecular weight excluding hydrogens is 268 g/mol. The molecule has 0 aliphatic heterocycles. The molecule has 1 aromatic carbocycles. The van der Waals surface area contributed by atoms with Crippen molar-refractivity contribution >= 4 is 17.6 Å². The summed E-state index contributed by atoms with van der Waals surface area (Å²) in [6.45, 7) is -0.251. The van der Waals surface area contributed by atoms with E-state index < -0.39 is 22.9 Å². The number of aliphatic hydroxyl groups excluding tert-OH is 1. The number of esters is 1. The molecule has 0 aliphatic rings. The van der Waals surface area contributed by atoms with Crippen LogP contribution in [0.5, 0.6) is 0 Å². The number of non-ortho nitro benzene ring substituents is 1. The van der Waals surface area contributed by atoms with Gasteiger partial charge < -0.3 is 15.2 Å². The fourth-order valence-electron chi connectivity index (χ4n) is 1.41. The molecule has 0 bridgehead atoms. The van der Waals surface area contributed by atoms with Crippen molar-refractivity contribution in [2.75, 3.05) is 13.7 Å². The Bertz CT molecular complexity index is 499. The zero-order valence-corrected chi connectivity index (χ0v) is 10.7. The zero-order chi connectivity index (χ0) is 15.1. The molecular formula is C12H14N2O6. The number of methoxy groups -OCH3 is 1. The second-order valence-corrected chi connectivity index (χ2v) is 3.94. The molecule has 8 heteroatoms. The number of aliphatic hydroxyl groups is 1. The Morgan fingerprint density at radius 2 is 2.00 bits per heavy atom. The van der Waals surface area contributed by atoms with Crippen LogP contribution in [0.1, 0.15) is 5.56 Å². The lowest BCUT2D eigenvalue weighted by Gasteiger charge is -2.09. The molecule has 0 spiro atoms. The molecule has 108 valence electrons. The molecule has 0 aliphatic carbocycles.